The van der Waals surface area contributed by atoms with Gasteiger partial charge in [0.25, 0.3) is 5.56 Å². The molecule has 164 valence electrons. The second-order valence-corrected chi connectivity index (χ2v) is 9.83. The van der Waals surface area contributed by atoms with Crippen molar-refractivity contribution in [2.24, 2.45) is 7.05 Å². The summed E-state index contributed by atoms with van der Waals surface area (Å²) >= 11 is 0. The second-order valence-electron chi connectivity index (χ2n) is 7.82. The molecular weight excluding hydrogens is 431 g/mol. The Morgan fingerprint density at radius 1 is 1.12 bits per heavy atom. The number of aromatic amines is 1. The molecule has 0 fully saturated rings. The number of aromatic nitrogens is 2. The Balaban J connectivity index is 1.80. The molecule has 0 saturated carbocycles. The van der Waals surface area contributed by atoms with Crippen LogP contribution in [-0.2, 0) is 23.6 Å². The van der Waals surface area contributed by atoms with Crippen LogP contribution in [0.2, 0.25) is 0 Å². The van der Waals surface area contributed by atoms with Crippen molar-refractivity contribution >= 4 is 38.0 Å². The molecule has 2 aromatic carbocycles. The molecule has 3 heterocycles. The van der Waals surface area contributed by atoms with E-state index in [0.29, 0.717) is 17.7 Å². The molecule has 0 unspecified atom stereocenters. The summed E-state index contributed by atoms with van der Waals surface area (Å²) in [6.45, 7) is 2.04. The predicted octanol–water partition coefficient (Wildman–Crippen LogP) is 4.09. The molecule has 0 spiro atoms. The summed E-state index contributed by atoms with van der Waals surface area (Å²) in [6, 6.07) is 11.5. The number of H-pyrrole nitrogens is 1. The number of halogens is 1. The van der Waals surface area contributed by atoms with E-state index in [4.69, 9.17) is 0 Å². The monoisotopic (exact) mass is 452 g/mol. The molecule has 1 aliphatic heterocycles. The Kier molecular flexibility index (Phi) is 4.59. The SMILES string of the molecule is CCS(=O)(=O)Nc1ccc2c(c1)-c1c[nH]c(=O)c3c1c(cn3C)CN2c1ccc(F)cc1. The number of hydrogen-bond donors (Lipinski definition) is 2. The van der Waals surface area contributed by atoms with Crippen LogP contribution in [0, 0.1) is 5.82 Å². The molecule has 9 heteroatoms. The van der Waals surface area contributed by atoms with Crippen molar-refractivity contribution in [1.82, 2.24) is 9.55 Å². The van der Waals surface area contributed by atoms with Gasteiger partial charge in [-0.2, -0.15) is 0 Å². The fourth-order valence-corrected chi connectivity index (χ4v) is 4.92. The van der Waals surface area contributed by atoms with Crippen LogP contribution >= 0.6 is 0 Å². The zero-order valence-electron chi connectivity index (χ0n) is 17.5. The molecular formula is C23H21FN4O3S. The van der Waals surface area contributed by atoms with E-state index in [0.717, 1.165) is 33.5 Å². The maximum absolute atomic E-state index is 13.6. The van der Waals surface area contributed by atoms with Crippen LogP contribution in [0.3, 0.4) is 0 Å². The van der Waals surface area contributed by atoms with Gasteiger partial charge in [-0.05, 0) is 55.0 Å². The minimum atomic E-state index is -3.46. The Morgan fingerprint density at radius 3 is 2.59 bits per heavy atom. The summed E-state index contributed by atoms with van der Waals surface area (Å²) in [5.74, 6) is -0.374. The summed E-state index contributed by atoms with van der Waals surface area (Å²) in [5, 5.41) is 0.817. The number of fused-ring (bicyclic) bond motifs is 2. The minimum Gasteiger partial charge on any atom is -0.346 e. The topological polar surface area (TPSA) is 87.2 Å². The number of sulfonamides is 1. The van der Waals surface area contributed by atoms with Gasteiger partial charge >= 0.3 is 0 Å². The zero-order chi connectivity index (χ0) is 22.6. The highest BCUT2D eigenvalue weighted by atomic mass is 32.2. The maximum Gasteiger partial charge on any atom is 0.272 e. The fourth-order valence-electron chi connectivity index (χ4n) is 4.29. The van der Waals surface area contributed by atoms with E-state index in [-0.39, 0.29) is 17.1 Å². The Morgan fingerprint density at radius 2 is 1.88 bits per heavy atom. The molecule has 32 heavy (non-hydrogen) atoms. The van der Waals surface area contributed by atoms with Gasteiger partial charge in [0.05, 0.1) is 12.3 Å². The van der Waals surface area contributed by atoms with Gasteiger partial charge < -0.3 is 14.5 Å². The van der Waals surface area contributed by atoms with Crippen molar-refractivity contribution in [1.29, 1.82) is 0 Å². The number of benzene rings is 2. The lowest BCUT2D eigenvalue weighted by Gasteiger charge is -2.26. The third-order valence-corrected chi connectivity index (χ3v) is 7.10. The molecule has 0 aliphatic carbocycles. The summed E-state index contributed by atoms with van der Waals surface area (Å²) in [7, 11) is -1.64. The lowest BCUT2D eigenvalue weighted by molar-refractivity contribution is 0.602. The molecule has 1 aliphatic rings. The Labute approximate surface area is 184 Å². The largest absolute Gasteiger partial charge is 0.346 e. The summed E-state index contributed by atoms with van der Waals surface area (Å²) in [4.78, 5) is 17.4. The maximum atomic E-state index is 13.6. The van der Waals surface area contributed by atoms with Crippen LogP contribution in [0.4, 0.5) is 21.5 Å². The van der Waals surface area contributed by atoms with Crippen molar-refractivity contribution < 1.29 is 12.8 Å². The molecule has 2 N–H and O–H groups in total. The molecule has 4 aromatic rings. The van der Waals surface area contributed by atoms with Crippen molar-refractivity contribution in [2.75, 3.05) is 15.4 Å². The van der Waals surface area contributed by atoms with Crippen molar-refractivity contribution in [2.45, 2.75) is 13.5 Å². The number of anilines is 3. The molecule has 7 nitrogen and oxygen atoms in total. The number of pyridine rings is 1. The van der Waals surface area contributed by atoms with Crippen LogP contribution in [0.25, 0.3) is 22.0 Å². The summed E-state index contributed by atoms with van der Waals surface area (Å²) in [5.41, 5.74) is 4.89. The lowest BCUT2D eigenvalue weighted by Crippen LogP contribution is -2.17. The zero-order valence-corrected chi connectivity index (χ0v) is 18.3. The Hall–Kier alpha value is -3.59. The summed E-state index contributed by atoms with van der Waals surface area (Å²) in [6.07, 6.45) is 3.59. The molecule has 0 amide bonds. The van der Waals surface area contributed by atoms with Gasteiger partial charge in [-0.1, -0.05) is 0 Å². The van der Waals surface area contributed by atoms with Crippen molar-refractivity contribution in [3.05, 3.63) is 76.6 Å². The molecule has 0 atom stereocenters. The minimum absolute atomic E-state index is 0.0441. The van der Waals surface area contributed by atoms with Crippen LogP contribution < -0.4 is 15.2 Å². The third kappa shape index (κ3) is 3.25. The highest BCUT2D eigenvalue weighted by Gasteiger charge is 2.26. The van der Waals surface area contributed by atoms with E-state index in [1.165, 1.54) is 12.1 Å². The first kappa shape index (κ1) is 20.3. The van der Waals surface area contributed by atoms with E-state index in [1.807, 2.05) is 24.2 Å². The number of nitrogens with zero attached hydrogens (tertiary/aromatic N) is 2. The molecule has 2 aromatic heterocycles. The van der Waals surface area contributed by atoms with Gasteiger partial charge in [-0.15, -0.1) is 0 Å². The van der Waals surface area contributed by atoms with Crippen LogP contribution in [0.1, 0.15) is 12.5 Å². The third-order valence-electron chi connectivity index (χ3n) is 5.79. The molecule has 5 rings (SSSR count). The lowest BCUT2D eigenvalue weighted by atomic mass is 10.0. The average Bonchev–Trinajstić information content (AvgIpc) is 3.03. The Bertz CT molecular complexity index is 1520. The van der Waals surface area contributed by atoms with Gasteiger partial charge in [0.1, 0.15) is 11.3 Å². The van der Waals surface area contributed by atoms with Gasteiger partial charge in [0.15, 0.2) is 0 Å². The van der Waals surface area contributed by atoms with Gasteiger partial charge in [0, 0.05) is 53.0 Å². The standard InChI is InChI=1S/C23H21FN4O3S/c1-3-32(30,31)26-16-6-9-20-18(10-16)19-11-25-23(29)22-21(19)14(12-27(22)2)13-28(20)17-7-4-15(24)5-8-17/h4-12,26H,3,13H2,1-2H3,(H,25,29). The fraction of sp³-hybridized carbons (Fsp3) is 0.174. The van der Waals surface area contributed by atoms with E-state index in [1.54, 1.807) is 42.0 Å². The van der Waals surface area contributed by atoms with Crippen molar-refractivity contribution in [3.8, 4) is 11.1 Å². The van der Waals surface area contributed by atoms with Gasteiger partial charge in [0.2, 0.25) is 10.0 Å². The van der Waals surface area contributed by atoms with Crippen molar-refractivity contribution in [3.63, 3.8) is 0 Å². The van der Waals surface area contributed by atoms with Gasteiger partial charge in [-0.3, -0.25) is 9.52 Å². The molecule has 0 saturated heterocycles. The van der Waals surface area contributed by atoms with E-state index >= 15 is 0 Å². The van der Waals surface area contributed by atoms with Gasteiger partial charge in [-0.25, -0.2) is 12.8 Å². The second kappa shape index (κ2) is 7.23. The molecule has 0 bridgehead atoms. The number of aryl methyl sites for hydroxylation is 1. The quantitative estimate of drug-likeness (QED) is 0.488. The number of nitrogens with one attached hydrogen (secondary N) is 2. The normalized spacial score (nSPS) is 13.2. The van der Waals surface area contributed by atoms with Crippen LogP contribution in [0.5, 0.6) is 0 Å². The van der Waals surface area contributed by atoms with Crippen LogP contribution in [0.15, 0.2) is 59.7 Å². The smallest absolute Gasteiger partial charge is 0.272 e. The average molecular weight is 453 g/mol. The summed E-state index contributed by atoms with van der Waals surface area (Å²) < 4.78 is 42.3. The predicted molar refractivity (Wildman–Crippen MR) is 124 cm³/mol. The highest BCUT2D eigenvalue weighted by Crippen LogP contribution is 2.44. The first-order valence-electron chi connectivity index (χ1n) is 10.1. The number of hydrogen-bond acceptors (Lipinski definition) is 4. The van der Waals surface area contributed by atoms with E-state index in [2.05, 4.69) is 9.71 Å². The highest BCUT2D eigenvalue weighted by molar-refractivity contribution is 7.92. The first-order valence-corrected chi connectivity index (χ1v) is 11.8. The van der Waals surface area contributed by atoms with E-state index < -0.39 is 10.0 Å². The molecule has 0 radical (unpaired) electrons. The van der Waals surface area contributed by atoms with E-state index in [9.17, 15) is 17.6 Å². The first-order chi connectivity index (χ1) is 15.3. The van der Waals surface area contributed by atoms with Crippen LogP contribution in [-0.4, -0.2) is 23.7 Å². The number of rotatable bonds is 4.